The molecular weight excluding hydrogens is 266 g/mol. The van der Waals surface area contributed by atoms with Gasteiger partial charge >= 0.3 is 0 Å². The molecule has 0 spiro atoms. The van der Waals surface area contributed by atoms with Gasteiger partial charge in [-0.15, -0.1) is 0 Å². The summed E-state index contributed by atoms with van der Waals surface area (Å²) in [4.78, 5) is 0. The fraction of sp³-hybridized carbons (Fsp3) is 0.333. The molecule has 2 aromatic carbocycles. The molecule has 0 fully saturated rings. The van der Waals surface area contributed by atoms with Crippen LogP contribution in [0.3, 0.4) is 0 Å². The Hall–Kier alpha value is -1.31. The fourth-order valence-corrected chi connectivity index (χ4v) is 2.72. The number of hydrogen-bond donors (Lipinski definition) is 1. The highest BCUT2D eigenvalue weighted by atomic mass is 35.5. The average molecular weight is 288 g/mol. The van der Waals surface area contributed by atoms with E-state index in [4.69, 9.17) is 11.6 Å². The van der Waals surface area contributed by atoms with Crippen LogP contribution in [0.2, 0.25) is 5.02 Å². The van der Waals surface area contributed by atoms with Crippen molar-refractivity contribution >= 4 is 11.6 Å². The number of aryl methyl sites for hydroxylation is 1. The Bertz CT molecular complexity index is 577. The fourth-order valence-electron chi connectivity index (χ4n) is 2.54. The molecule has 2 rings (SSSR count). The molecule has 1 atom stereocenters. The Morgan fingerprint density at radius 2 is 1.85 bits per heavy atom. The summed E-state index contributed by atoms with van der Waals surface area (Å²) < 4.78 is 0. The molecule has 2 aromatic rings. The lowest BCUT2D eigenvalue weighted by Crippen LogP contribution is -2.23. The number of benzene rings is 2. The highest BCUT2D eigenvalue weighted by Gasteiger charge is 2.16. The van der Waals surface area contributed by atoms with Gasteiger partial charge in [-0.2, -0.15) is 0 Å². The summed E-state index contributed by atoms with van der Waals surface area (Å²) in [6.07, 6.45) is 1.06. The van der Waals surface area contributed by atoms with Gasteiger partial charge in [0.15, 0.2) is 0 Å². The predicted octanol–water partition coefficient (Wildman–Crippen LogP) is 4.91. The summed E-state index contributed by atoms with van der Waals surface area (Å²) in [6.45, 7) is 7.33. The molecule has 0 bridgehead atoms. The second kappa shape index (κ2) is 6.92. The highest BCUT2D eigenvalue weighted by molar-refractivity contribution is 6.31. The predicted molar refractivity (Wildman–Crippen MR) is 87.5 cm³/mol. The maximum Gasteiger partial charge on any atom is 0.0579 e. The lowest BCUT2D eigenvalue weighted by Gasteiger charge is -2.22. The van der Waals surface area contributed by atoms with E-state index in [1.807, 2.05) is 12.1 Å². The van der Waals surface area contributed by atoms with Gasteiger partial charge in [-0.25, -0.2) is 0 Å². The zero-order valence-electron chi connectivity index (χ0n) is 12.4. The molecule has 0 aliphatic rings. The minimum absolute atomic E-state index is 0.199. The third kappa shape index (κ3) is 3.23. The van der Waals surface area contributed by atoms with Crippen LogP contribution in [0, 0.1) is 6.92 Å². The molecule has 0 saturated heterocycles. The van der Waals surface area contributed by atoms with Crippen LogP contribution >= 0.6 is 11.6 Å². The monoisotopic (exact) mass is 287 g/mol. The highest BCUT2D eigenvalue weighted by Crippen LogP contribution is 2.29. The molecule has 0 aliphatic heterocycles. The molecule has 2 heteroatoms. The first-order chi connectivity index (χ1) is 9.67. The third-order valence-electron chi connectivity index (χ3n) is 3.72. The largest absolute Gasteiger partial charge is 0.307 e. The molecule has 106 valence electrons. The number of nitrogens with one attached hydrogen (secondary N) is 1. The summed E-state index contributed by atoms with van der Waals surface area (Å²) in [5.41, 5.74) is 5.08. The van der Waals surface area contributed by atoms with E-state index in [9.17, 15) is 0 Å². The van der Waals surface area contributed by atoms with Crippen molar-refractivity contribution in [1.29, 1.82) is 0 Å². The quantitative estimate of drug-likeness (QED) is 0.824. The first kappa shape index (κ1) is 15.1. The summed E-state index contributed by atoms with van der Waals surface area (Å²) in [5.74, 6) is 0. The Labute approximate surface area is 127 Å². The van der Waals surface area contributed by atoms with Gasteiger partial charge in [-0.1, -0.05) is 61.8 Å². The Balaban J connectivity index is 2.47. The van der Waals surface area contributed by atoms with E-state index in [0.717, 1.165) is 23.6 Å². The van der Waals surface area contributed by atoms with Crippen LogP contribution in [0.4, 0.5) is 0 Å². The molecule has 0 saturated carbocycles. The van der Waals surface area contributed by atoms with Gasteiger partial charge in [-0.05, 0) is 48.2 Å². The Morgan fingerprint density at radius 1 is 1.10 bits per heavy atom. The summed E-state index contributed by atoms with van der Waals surface area (Å²) >= 11 is 6.28. The minimum atomic E-state index is 0.199. The van der Waals surface area contributed by atoms with E-state index < -0.39 is 0 Å². The van der Waals surface area contributed by atoms with Crippen LogP contribution in [0.1, 0.15) is 42.1 Å². The molecule has 1 unspecified atom stereocenters. The maximum atomic E-state index is 6.28. The molecule has 20 heavy (non-hydrogen) atoms. The molecule has 0 amide bonds. The number of rotatable bonds is 5. The van der Waals surface area contributed by atoms with E-state index in [0.29, 0.717) is 0 Å². The first-order valence-electron chi connectivity index (χ1n) is 7.24. The van der Waals surface area contributed by atoms with Crippen LogP contribution in [0.15, 0.2) is 42.5 Å². The minimum Gasteiger partial charge on any atom is -0.307 e. The average Bonchev–Trinajstić information content (AvgIpc) is 2.48. The zero-order chi connectivity index (χ0) is 14.5. The van der Waals surface area contributed by atoms with Crippen LogP contribution in [0.5, 0.6) is 0 Å². The van der Waals surface area contributed by atoms with Crippen LogP contribution in [-0.4, -0.2) is 6.54 Å². The second-order valence-corrected chi connectivity index (χ2v) is 5.45. The zero-order valence-corrected chi connectivity index (χ0v) is 13.2. The van der Waals surface area contributed by atoms with E-state index in [1.165, 1.54) is 16.7 Å². The van der Waals surface area contributed by atoms with Gasteiger partial charge in [0.25, 0.3) is 0 Å². The maximum absolute atomic E-state index is 6.28. The second-order valence-electron chi connectivity index (χ2n) is 5.04. The van der Waals surface area contributed by atoms with E-state index in [2.05, 4.69) is 56.4 Å². The summed E-state index contributed by atoms with van der Waals surface area (Å²) in [5, 5.41) is 4.41. The van der Waals surface area contributed by atoms with Gasteiger partial charge in [0, 0.05) is 5.02 Å². The first-order valence-corrected chi connectivity index (χ1v) is 7.62. The van der Waals surface area contributed by atoms with Gasteiger partial charge in [-0.3, -0.25) is 0 Å². The van der Waals surface area contributed by atoms with Gasteiger partial charge in [0.05, 0.1) is 6.04 Å². The molecule has 0 aliphatic carbocycles. The van der Waals surface area contributed by atoms with Crippen molar-refractivity contribution < 1.29 is 0 Å². The molecule has 1 N–H and O–H groups in total. The molecular formula is C18H22ClN. The van der Waals surface area contributed by atoms with Gasteiger partial charge in [0.2, 0.25) is 0 Å². The van der Waals surface area contributed by atoms with Crippen molar-refractivity contribution in [1.82, 2.24) is 5.32 Å². The van der Waals surface area contributed by atoms with Gasteiger partial charge in [0.1, 0.15) is 0 Å². The van der Waals surface area contributed by atoms with Crippen molar-refractivity contribution in [2.24, 2.45) is 0 Å². The lowest BCUT2D eigenvalue weighted by atomic mass is 9.93. The molecule has 0 aromatic heterocycles. The molecule has 0 radical (unpaired) electrons. The smallest absolute Gasteiger partial charge is 0.0579 e. The van der Waals surface area contributed by atoms with Crippen molar-refractivity contribution in [3.63, 3.8) is 0 Å². The van der Waals surface area contributed by atoms with Crippen LogP contribution < -0.4 is 5.32 Å². The topological polar surface area (TPSA) is 12.0 Å². The third-order valence-corrected chi connectivity index (χ3v) is 4.13. The summed E-state index contributed by atoms with van der Waals surface area (Å²) in [6, 6.07) is 15.1. The molecule has 0 heterocycles. The van der Waals surface area contributed by atoms with Crippen molar-refractivity contribution in [3.8, 4) is 0 Å². The number of halogens is 1. The van der Waals surface area contributed by atoms with E-state index in [1.54, 1.807) is 0 Å². The van der Waals surface area contributed by atoms with Crippen molar-refractivity contribution in [2.75, 3.05) is 6.54 Å². The summed E-state index contributed by atoms with van der Waals surface area (Å²) in [7, 11) is 0. The van der Waals surface area contributed by atoms with Crippen molar-refractivity contribution in [3.05, 3.63) is 69.7 Å². The van der Waals surface area contributed by atoms with Crippen LogP contribution in [-0.2, 0) is 6.42 Å². The molecule has 1 nitrogen and oxygen atoms in total. The number of hydrogen-bond acceptors (Lipinski definition) is 1. The normalized spacial score (nSPS) is 12.4. The van der Waals surface area contributed by atoms with Crippen molar-refractivity contribution in [2.45, 2.75) is 33.2 Å². The van der Waals surface area contributed by atoms with Crippen LogP contribution in [0.25, 0.3) is 0 Å². The van der Waals surface area contributed by atoms with E-state index >= 15 is 0 Å². The van der Waals surface area contributed by atoms with Gasteiger partial charge < -0.3 is 5.32 Å². The van der Waals surface area contributed by atoms with E-state index in [-0.39, 0.29) is 6.04 Å². The Morgan fingerprint density at radius 3 is 2.55 bits per heavy atom. The lowest BCUT2D eigenvalue weighted by molar-refractivity contribution is 0.627. The standard InChI is InChI=1S/C18H22ClN/c1-4-14-8-6-9-15(12-14)18(20-5-2)16-10-7-11-17(19)13(16)3/h6-12,18,20H,4-5H2,1-3H3. The Kier molecular flexibility index (Phi) is 5.22. The SMILES string of the molecule is CCNC(c1cccc(CC)c1)c1cccc(Cl)c1C.